The standard InChI is InChI=1S/C18H17N5O3/c1-25-14-8-5-9-15(26-2)11(14)10-22-18(24)23-13-7-4-3-6-12(13)20-16(19)17(23)21-22/h3-9H,10H2,1-2H3,(H2,19,20). The molecule has 0 aliphatic heterocycles. The molecule has 2 aromatic heterocycles. The molecule has 0 aliphatic carbocycles. The minimum Gasteiger partial charge on any atom is -0.496 e. The predicted octanol–water partition coefficient (Wildman–Crippen LogP) is 1.69. The van der Waals surface area contributed by atoms with Crippen molar-refractivity contribution in [1.29, 1.82) is 0 Å². The van der Waals surface area contributed by atoms with Crippen molar-refractivity contribution in [2.24, 2.45) is 0 Å². The van der Waals surface area contributed by atoms with E-state index in [9.17, 15) is 4.79 Å². The van der Waals surface area contributed by atoms with Crippen LogP contribution in [0.1, 0.15) is 5.56 Å². The van der Waals surface area contributed by atoms with Crippen molar-refractivity contribution in [3.63, 3.8) is 0 Å². The lowest BCUT2D eigenvalue weighted by molar-refractivity contribution is 0.381. The number of aromatic nitrogens is 4. The van der Waals surface area contributed by atoms with Crippen LogP contribution in [0.5, 0.6) is 11.5 Å². The highest BCUT2D eigenvalue weighted by Crippen LogP contribution is 2.28. The van der Waals surface area contributed by atoms with Gasteiger partial charge in [0, 0.05) is 0 Å². The van der Waals surface area contributed by atoms with Crippen molar-refractivity contribution in [2.45, 2.75) is 6.54 Å². The van der Waals surface area contributed by atoms with Gasteiger partial charge in [0.15, 0.2) is 5.82 Å². The third-order valence-electron chi connectivity index (χ3n) is 4.27. The molecular weight excluding hydrogens is 334 g/mol. The van der Waals surface area contributed by atoms with Crippen molar-refractivity contribution in [3.05, 3.63) is 58.5 Å². The number of ether oxygens (including phenoxy) is 2. The van der Waals surface area contributed by atoms with Gasteiger partial charge in [-0.2, -0.15) is 0 Å². The Balaban J connectivity index is 1.95. The van der Waals surface area contributed by atoms with Crippen molar-refractivity contribution >= 4 is 22.5 Å². The molecule has 8 heteroatoms. The first-order valence-electron chi connectivity index (χ1n) is 7.97. The first-order valence-corrected chi connectivity index (χ1v) is 7.97. The molecule has 0 saturated heterocycles. The van der Waals surface area contributed by atoms with Crippen LogP contribution in [0.25, 0.3) is 16.7 Å². The molecule has 4 aromatic rings. The van der Waals surface area contributed by atoms with E-state index >= 15 is 0 Å². The molecule has 0 saturated carbocycles. The van der Waals surface area contributed by atoms with E-state index in [1.807, 2.05) is 36.4 Å². The SMILES string of the molecule is COc1cccc(OC)c1Cn1nc2c(N)nc3ccccc3n2c1=O. The molecule has 0 amide bonds. The molecule has 0 atom stereocenters. The average Bonchev–Trinajstić information content (AvgIpc) is 2.99. The largest absolute Gasteiger partial charge is 0.496 e. The van der Waals surface area contributed by atoms with E-state index in [4.69, 9.17) is 15.2 Å². The molecular formula is C18H17N5O3. The molecule has 8 nitrogen and oxygen atoms in total. The molecule has 0 fully saturated rings. The Bertz CT molecular complexity index is 1160. The van der Waals surface area contributed by atoms with Crippen LogP contribution < -0.4 is 20.9 Å². The third kappa shape index (κ3) is 2.34. The molecule has 26 heavy (non-hydrogen) atoms. The number of rotatable bonds is 4. The van der Waals surface area contributed by atoms with Gasteiger partial charge in [-0.05, 0) is 24.3 Å². The lowest BCUT2D eigenvalue weighted by atomic mass is 10.1. The van der Waals surface area contributed by atoms with E-state index in [-0.39, 0.29) is 18.1 Å². The van der Waals surface area contributed by atoms with Crippen molar-refractivity contribution in [3.8, 4) is 11.5 Å². The monoisotopic (exact) mass is 351 g/mol. The molecule has 2 N–H and O–H groups in total. The smallest absolute Gasteiger partial charge is 0.351 e. The summed E-state index contributed by atoms with van der Waals surface area (Å²) in [4.78, 5) is 17.3. The van der Waals surface area contributed by atoms with Crippen molar-refractivity contribution < 1.29 is 9.47 Å². The highest BCUT2D eigenvalue weighted by Gasteiger charge is 2.17. The van der Waals surface area contributed by atoms with Crippen LogP contribution in [0.3, 0.4) is 0 Å². The summed E-state index contributed by atoms with van der Waals surface area (Å²) < 4.78 is 13.6. The molecule has 4 rings (SSSR count). The van der Waals surface area contributed by atoms with Crippen LogP contribution in [-0.2, 0) is 6.54 Å². The van der Waals surface area contributed by atoms with Gasteiger partial charge >= 0.3 is 5.69 Å². The van der Waals surface area contributed by atoms with E-state index in [0.29, 0.717) is 28.2 Å². The number of anilines is 1. The number of fused-ring (bicyclic) bond motifs is 3. The fourth-order valence-corrected chi connectivity index (χ4v) is 3.05. The summed E-state index contributed by atoms with van der Waals surface area (Å²) in [6.07, 6.45) is 0. The van der Waals surface area contributed by atoms with Gasteiger partial charge in [0.1, 0.15) is 11.5 Å². The molecule has 0 unspecified atom stereocenters. The normalized spacial score (nSPS) is 11.2. The maximum Gasteiger partial charge on any atom is 0.351 e. The Labute approximate surface area is 148 Å². The quantitative estimate of drug-likeness (QED) is 0.601. The predicted molar refractivity (Wildman–Crippen MR) is 97.8 cm³/mol. The summed E-state index contributed by atoms with van der Waals surface area (Å²) in [5.41, 5.74) is 8.04. The third-order valence-corrected chi connectivity index (χ3v) is 4.27. The number of benzene rings is 2. The number of hydrogen-bond acceptors (Lipinski definition) is 6. The first-order chi connectivity index (χ1) is 12.6. The number of methoxy groups -OCH3 is 2. The maximum absolute atomic E-state index is 13.0. The van der Waals surface area contributed by atoms with E-state index in [2.05, 4.69) is 10.1 Å². The van der Waals surface area contributed by atoms with Crippen molar-refractivity contribution in [2.75, 3.05) is 20.0 Å². The zero-order valence-corrected chi connectivity index (χ0v) is 14.3. The summed E-state index contributed by atoms with van der Waals surface area (Å²) in [5.74, 6) is 1.43. The Morgan fingerprint density at radius 1 is 1.04 bits per heavy atom. The minimum atomic E-state index is -0.307. The van der Waals surface area contributed by atoms with E-state index in [1.165, 1.54) is 9.08 Å². The summed E-state index contributed by atoms with van der Waals surface area (Å²) >= 11 is 0. The summed E-state index contributed by atoms with van der Waals surface area (Å²) in [6.45, 7) is 0.182. The Kier molecular flexibility index (Phi) is 3.72. The molecule has 0 bridgehead atoms. The first kappa shape index (κ1) is 15.9. The fourth-order valence-electron chi connectivity index (χ4n) is 3.05. The molecule has 0 radical (unpaired) electrons. The topological polar surface area (TPSA) is 96.7 Å². The number of para-hydroxylation sites is 2. The van der Waals surface area contributed by atoms with Crippen LogP contribution in [0.15, 0.2) is 47.3 Å². The fraction of sp³-hybridized carbons (Fsp3) is 0.167. The van der Waals surface area contributed by atoms with Crippen LogP contribution >= 0.6 is 0 Å². The zero-order valence-electron chi connectivity index (χ0n) is 14.3. The Morgan fingerprint density at radius 3 is 2.42 bits per heavy atom. The van der Waals surface area contributed by atoms with E-state index in [0.717, 1.165) is 5.56 Å². The molecule has 132 valence electrons. The second-order valence-electron chi connectivity index (χ2n) is 5.73. The summed E-state index contributed by atoms with van der Waals surface area (Å²) in [5, 5.41) is 4.38. The number of hydrogen-bond donors (Lipinski definition) is 1. The molecule has 2 aromatic carbocycles. The van der Waals surface area contributed by atoms with Gasteiger partial charge in [-0.1, -0.05) is 18.2 Å². The second kappa shape index (κ2) is 6.07. The van der Waals surface area contributed by atoms with Gasteiger partial charge in [0.05, 0.1) is 37.4 Å². The minimum absolute atomic E-state index is 0.182. The molecule has 0 aliphatic rings. The molecule has 0 spiro atoms. The van der Waals surface area contributed by atoms with Gasteiger partial charge in [0.2, 0.25) is 5.65 Å². The number of nitrogen functional groups attached to an aromatic ring is 1. The number of nitrogens with two attached hydrogens (primary N) is 1. The van der Waals surface area contributed by atoms with Crippen LogP contribution in [0.2, 0.25) is 0 Å². The van der Waals surface area contributed by atoms with Gasteiger partial charge in [0.25, 0.3) is 0 Å². The maximum atomic E-state index is 13.0. The van der Waals surface area contributed by atoms with Gasteiger partial charge in [-0.15, -0.1) is 5.10 Å². The van der Waals surface area contributed by atoms with Gasteiger partial charge in [-0.25, -0.2) is 18.9 Å². The highest BCUT2D eigenvalue weighted by atomic mass is 16.5. The Morgan fingerprint density at radius 2 is 1.73 bits per heavy atom. The summed E-state index contributed by atoms with van der Waals surface area (Å²) in [7, 11) is 3.14. The number of nitrogens with zero attached hydrogens (tertiary/aromatic N) is 4. The molecule has 2 heterocycles. The lowest BCUT2D eigenvalue weighted by Gasteiger charge is -2.12. The van der Waals surface area contributed by atoms with E-state index in [1.54, 1.807) is 20.3 Å². The van der Waals surface area contributed by atoms with Crippen LogP contribution in [-0.4, -0.2) is 33.4 Å². The van der Waals surface area contributed by atoms with Crippen LogP contribution in [0, 0.1) is 0 Å². The highest BCUT2D eigenvalue weighted by molar-refractivity contribution is 5.81. The van der Waals surface area contributed by atoms with Crippen molar-refractivity contribution in [1.82, 2.24) is 19.2 Å². The van der Waals surface area contributed by atoms with E-state index < -0.39 is 0 Å². The average molecular weight is 351 g/mol. The summed E-state index contributed by atoms with van der Waals surface area (Å²) in [6, 6.07) is 12.7. The van der Waals surface area contributed by atoms with Gasteiger partial charge < -0.3 is 15.2 Å². The second-order valence-corrected chi connectivity index (χ2v) is 5.73. The Hall–Kier alpha value is -3.55. The lowest BCUT2D eigenvalue weighted by Crippen LogP contribution is -2.22. The van der Waals surface area contributed by atoms with Crippen LogP contribution in [0.4, 0.5) is 5.82 Å². The van der Waals surface area contributed by atoms with Gasteiger partial charge in [-0.3, -0.25) is 0 Å². The zero-order chi connectivity index (χ0) is 18.3.